The second kappa shape index (κ2) is 4.83. The molecule has 1 aromatic heterocycles. The Balaban J connectivity index is 1.83. The van der Waals surface area contributed by atoms with Crippen LogP contribution in [0.2, 0.25) is 0 Å². The van der Waals surface area contributed by atoms with Gasteiger partial charge >= 0.3 is 7.12 Å². The van der Waals surface area contributed by atoms with Crippen molar-refractivity contribution in [1.82, 2.24) is 4.98 Å². The molecule has 0 N–H and O–H groups in total. The summed E-state index contributed by atoms with van der Waals surface area (Å²) in [5.74, 6) is 0. The van der Waals surface area contributed by atoms with E-state index in [1.807, 2.05) is 12.3 Å². The average molecular weight is 275 g/mol. The van der Waals surface area contributed by atoms with E-state index in [-0.39, 0.29) is 24.4 Å². The van der Waals surface area contributed by atoms with Crippen LogP contribution in [-0.2, 0) is 14.0 Å². The smallest absolute Gasteiger partial charge is 0.399 e. The first-order chi connectivity index (χ1) is 9.39. The molecule has 20 heavy (non-hydrogen) atoms. The van der Waals surface area contributed by atoms with Crippen LogP contribution >= 0.6 is 0 Å². The van der Waals surface area contributed by atoms with Gasteiger partial charge in [-0.15, -0.1) is 0 Å². The van der Waals surface area contributed by atoms with E-state index < -0.39 is 0 Å². The zero-order valence-corrected chi connectivity index (χ0v) is 12.7. The van der Waals surface area contributed by atoms with Gasteiger partial charge in [-0.3, -0.25) is 4.98 Å². The fraction of sp³-hybridized carbons (Fsp3) is 0.667. The molecule has 2 aliphatic rings. The molecule has 0 aromatic carbocycles. The van der Waals surface area contributed by atoms with Gasteiger partial charge in [0, 0.05) is 12.8 Å². The maximum absolute atomic E-state index is 6.08. The van der Waals surface area contributed by atoms with Gasteiger partial charge in [-0.1, -0.05) is 0 Å². The Hall–Kier alpha value is -0.905. The van der Waals surface area contributed by atoms with Crippen LogP contribution in [0, 0.1) is 0 Å². The molecule has 0 aliphatic carbocycles. The summed E-state index contributed by atoms with van der Waals surface area (Å²) in [4.78, 5) is 4.43. The minimum Gasteiger partial charge on any atom is -0.399 e. The third-order valence-corrected chi connectivity index (χ3v) is 4.59. The van der Waals surface area contributed by atoms with Crippen molar-refractivity contribution in [3.8, 4) is 0 Å². The Bertz CT molecular complexity index is 482. The van der Waals surface area contributed by atoms with Crippen molar-refractivity contribution < 1.29 is 14.0 Å². The van der Waals surface area contributed by atoms with E-state index in [1.54, 1.807) is 0 Å². The molecule has 5 heteroatoms. The number of ether oxygens (including phenoxy) is 1. The van der Waals surface area contributed by atoms with E-state index in [1.165, 1.54) is 0 Å². The van der Waals surface area contributed by atoms with Crippen molar-refractivity contribution >= 4 is 12.6 Å². The monoisotopic (exact) mass is 275 g/mol. The molecule has 2 saturated heterocycles. The van der Waals surface area contributed by atoms with Crippen LogP contribution in [0.3, 0.4) is 0 Å². The molecule has 108 valence electrons. The molecule has 1 atom stereocenters. The second-order valence-corrected chi connectivity index (χ2v) is 6.60. The van der Waals surface area contributed by atoms with Crippen molar-refractivity contribution in [1.29, 1.82) is 0 Å². The van der Waals surface area contributed by atoms with E-state index in [2.05, 4.69) is 38.7 Å². The van der Waals surface area contributed by atoms with Gasteiger partial charge in [0.15, 0.2) is 0 Å². The highest BCUT2D eigenvalue weighted by Crippen LogP contribution is 2.36. The highest BCUT2D eigenvalue weighted by atomic mass is 16.7. The Morgan fingerprint density at radius 1 is 1.20 bits per heavy atom. The summed E-state index contributed by atoms with van der Waals surface area (Å²) in [6.07, 6.45) is 4.09. The number of aromatic nitrogens is 1. The van der Waals surface area contributed by atoms with Crippen LogP contribution in [0.25, 0.3) is 0 Å². The summed E-state index contributed by atoms with van der Waals surface area (Å²) in [5.41, 5.74) is 1.37. The van der Waals surface area contributed by atoms with Crippen LogP contribution < -0.4 is 5.46 Å². The molecular formula is C15H22BNO3. The first-order valence-electron chi connectivity index (χ1n) is 7.32. The normalized spacial score (nSPS) is 28.0. The molecule has 2 aliphatic heterocycles. The first kappa shape index (κ1) is 14.0. The standard InChI is InChI=1S/C15H22BNO3/c1-14(2)15(3,4)20-16(19-14)11-7-8-17-12(10-11)13-6-5-9-18-13/h7-8,10,13H,5-6,9H2,1-4H3. The number of rotatable bonds is 2. The van der Waals surface area contributed by atoms with Crippen LogP contribution in [0.4, 0.5) is 0 Å². The fourth-order valence-corrected chi connectivity index (χ4v) is 2.58. The van der Waals surface area contributed by atoms with Gasteiger partial charge in [0.05, 0.1) is 23.0 Å². The molecule has 1 aromatic rings. The SMILES string of the molecule is CC1(C)OB(c2ccnc(C3CCCO3)c2)OC1(C)C. The van der Waals surface area contributed by atoms with Crippen molar-refractivity contribution in [2.45, 2.75) is 57.8 Å². The summed E-state index contributed by atoms with van der Waals surface area (Å²) < 4.78 is 17.8. The molecule has 1 unspecified atom stereocenters. The van der Waals surface area contributed by atoms with Crippen molar-refractivity contribution in [2.24, 2.45) is 0 Å². The van der Waals surface area contributed by atoms with E-state index >= 15 is 0 Å². The molecule has 0 bridgehead atoms. The van der Waals surface area contributed by atoms with E-state index in [0.717, 1.165) is 30.6 Å². The molecule has 4 nitrogen and oxygen atoms in total. The fourth-order valence-electron chi connectivity index (χ4n) is 2.58. The Morgan fingerprint density at radius 3 is 2.50 bits per heavy atom. The number of nitrogens with zero attached hydrogens (tertiary/aromatic N) is 1. The third-order valence-electron chi connectivity index (χ3n) is 4.59. The number of hydrogen-bond acceptors (Lipinski definition) is 4. The highest BCUT2D eigenvalue weighted by molar-refractivity contribution is 6.62. The maximum Gasteiger partial charge on any atom is 0.494 e. The maximum atomic E-state index is 6.08. The molecule has 3 heterocycles. The molecule has 0 radical (unpaired) electrons. The topological polar surface area (TPSA) is 40.6 Å². The van der Waals surface area contributed by atoms with Crippen molar-refractivity contribution in [3.63, 3.8) is 0 Å². The van der Waals surface area contributed by atoms with E-state index in [9.17, 15) is 0 Å². The van der Waals surface area contributed by atoms with Gasteiger partial charge in [-0.25, -0.2) is 0 Å². The summed E-state index contributed by atoms with van der Waals surface area (Å²) in [5, 5.41) is 0. The Morgan fingerprint density at radius 2 is 1.90 bits per heavy atom. The lowest BCUT2D eigenvalue weighted by atomic mass is 9.79. The molecule has 3 rings (SSSR count). The highest BCUT2D eigenvalue weighted by Gasteiger charge is 2.51. The average Bonchev–Trinajstić information content (AvgIpc) is 2.97. The van der Waals surface area contributed by atoms with E-state index in [4.69, 9.17) is 14.0 Å². The number of pyridine rings is 1. The van der Waals surface area contributed by atoms with Gasteiger partial charge in [-0.2, -0.15) is 0 Å². The molecule has 0 amide bonds. The lowest BCUT2D eigenvalue weighted by molar-refractivity contribution is 0.00578. The minimum atomic E-state index is -0.330. The number of hydrogen-bond donors (Lipinski definition) is 0. The van der Waals surface area contributed by atoms with Crippen molar-refractivity contribution in [2.75, 3.05) is 6.61 Å². The quantitative estimate of drug-likeness (QED) is 0.776. The van der Waals surface area contributed by atoms with E-state index in [0.29, 0.717) is 0 Å². The van der Waals surface area contributed by atoms with Crippen LogP contribution in [0.5, 0.6) is 0 Å². The minimum absolute atomic E-state index is 0.123. The van der Waals surface area contributed by atoms with Gasteiger partial charge in [0.1, 0.15) is 0 Å². The van der Waals surface area contributed by atoms with Crippen molar-refractivity contribution in [3.05, 3.63) is 24.0 Å². The van der Waals surface area contributed by atoms with Gasteiger partial charge in [0.25, 0.3) is 0 Å². The predicted molar refractivity (Wildman–Crippen MR) is 77.9 cm³/mol. The second-order valence-electron chi connectivity index (χ2n) is 6.60. The zero-order chi connectivity index (χ0) is 14.4. The third kappa shape index (κ3) is 2.38. The zero-order valence-electron chi connectivity index (χ0n) is 12.7. The summed E-state index contributed by atoms with van der Waals surface area (Å²) in [7, 11) is -0.330. The summed E-state index contributed by atoms with van der Waals surface area (Å²) >= 11 is 0. The molecule has 0 spiro atoms. The van der Waals surface area contributed by atoms with Crippen LogP contribution in [0.15, 0.2) is 18.3 Å². The lowest BCUT2D eigenvalue weighted by Gasteiger charge is -2.32. The van der Waals surface area contributed by atoms with Crippen LogP contribution in [-0.4, -0.2) is 29.9 Å². The summed E-state index contributed by atoms with van der Waals surface area (Å²) in [6.45, 7) is 9.09. The Kier molecular flexibility index (Phi) is 3.39. The van der Waals surface area contributed by atoms with Gasteiger partial charge in [-0.05, 0) is 58.1 Å². The largest absolute Gasteiger partial charge is 0.494 e. The summed E-state index contributed by atoms with van der Waals surface area (Å²) in [6, 6.07) is 4.01. The molecular weight excluding hydrogens is 253 g/mol. The van der Waals surface area contributed by atoms with Gasteiger partial charge < -0.3 is 14.0 Å². The first-order valence-corrected chi connectivity index (χ1v) is 7.32. The lowest BCUT2D eigenvalue weighted by Crippen LogP contribution is -2.41. The molecule has 0 saturated carbocycles. The van der Waals surface area contributed by atoms with Crippen LogP contribution in [0.1, 0.15) is 52.3 Å². The molecule has 2 fully saturated rings. The predicted octanol–water partition coefficient (Wildman–Crippen LogP) is 2.23. The Labute approximate surface area is 121 Å². The van der Waals surface area contributed by atoms with Gasteiger partial charge in [0.2, 0.25) is 0 Å².